The molecule has 20 heavy (non-hydrogen) atoms. The third-order valence-electron chi connectivity index (χ3n) is 2.90. The molecule has 0 amide bonds. The van der Waals surface area contributed by atoms with Gasteiger partial charge in [0.1, 0.15) is 5.75 Å². The Morgan fingerprint density at radius 2 is 2.20 bits per heavy atom. The van der Waals surface area contributed by atoms with Crippen molar-refractivity contribution in [3.05, 3.63) is 18.2 Å². The van der Waals surface area contributed by atoms with Crippen molar-refractivity contribution in [2.75, 3.05) is 19.5 Å². The van der Waals surface area contributed by atoms with Gasteiger partial charge in [-0.15, -0.1) is 5.10 Å². The van der Waals surface area contributed by atoms with Gasteiger partial charge in [0, 0.05) is 12.2 Å². The van der Waals surface area contributed by atoms with Crippen LogP contribution in [-0.4, -0.2) is 40.0 Å². The van der Waals surface area contributed by atoms with Crippen LogP contribution in [-0.2, 0) is 11.3 Å². The smallest absolute Gasteiger partial charge is 0.182 e. The van der Waals surface area contributed by atoms with Crippen LogP contribution in [0, 0.1) is 0 Å². The average Bonchev–Trinajstić information content (AvgIpc) is 2.87. The lowest BCUT2D eigenvalue weighted by atomic mass is 10.2. The van der Waals surface area contributed by atoms with E-state index < -0.39 is 0 Å². The molecule has 108 valence electrons. The predicted molar refractivity (Wildman–Crippen MR) is 75.3 cm³/mol. The Hall–Kier alpha value is -2.15. The highest BCUT2D eigenvalue weighted by molar-refractivity contribution is 5.65. The molecule has 0 spiro atoms. The molecular weight excluding hydrogens is 258 g/mol. The number of hydrogen-bond donors (Lipinski definition) is 1. The zero-order valence-corrected chi connectivity index (χ0v) is 11.9. The molecule has 2 N–H and O–H groups in total. The van der Waals surface area contributed by atoms with Crippen LogP contribution in [0.3, 0.4) is 0 Å². The number of nitrogens with zero attached hydrogens (tertiary/aromatic N) is 4. The molecule has 0 saturated heterocycles. The van der Waals surface area contributed by atoms with Crippen LogP contribution in [0.2, 0.25) is 0 Å². The van der Waals surface area contributed by atoms with E-state index in [1.165, 1.54) is 0 Å². The molecule has 1 atom stereocenters. The van der Waals surface area contributed by atoms with Crippen LogP contribution in [0.15, 0.2) is 18.2 Å². The van der Waals surface area contributed by atoms with Gasteiger partial charge in [-0.05, 0) is 42.5 Å². The van der Waals surface area contributed by atoms with Gasteiger partial charge in [0.05, 0.1) is 25.4 Å². The largest absolute Gasteiger partial charge is 0.495 e. The van der Waals surface area contributed by atoms with Gasteiger partial charge in [0.2, 0.25) is 0 Å². The van der Waals surface area contributed by atoms with Crippen LogP contribution in [0.5, 0.6) is 5.75 Å². The van der Waals surface area contributed by atoms with Crippen LogP contribution < -0.4 is 10.5 Å². The van der Waals surface area contributed by atoms with E-state index in [4.69, 9.17) is 15.2 Å². The fourth-order valence-electron chi connectivity index (χ4n) is 1.97. The molecule has 0 radical (unpaired) electrons. The summed E-state index contributed by atoms with van der Waals surface area (Å²) < 4.78 is 12.4. The lowest BCUT2D eigenvalue weighted by Gasteiger charge is -2.12. The summed E-state index contributed by atoms with van der Waals surface area (Å²) in [6.45, 7) is 5.19. The molecule has 7 heteroatoms. The van der Waals surface area contributed by atoms with E-state index in [9.17, 15) is 0 Å². The first-order valence-corrected chi connectivity index (χ1v) is 6.47. The number of anilines is 1. The monoisotopic (exact) mass is 277 g/mol. The Morgan fingerprint density at radius 3 is 2.90 bits per heavy atom. The van der Waals surface area contributed by atoms with Crippen molar-refractivity contribution in [3.63, 3.8) is 0 Å². The van der Waals surface area contributed by atoms with Crippen molar-refractivity contribution in [3.8, 4) is 17.1 Å². The lowest BCUT2D eigenvalue weighted by Crippen LogP contribution is -2.18. The molecule has 2 aromatic rings. The number of aromatic nitrogens is 4. The summed E-state index contributed by atoms with van der Waals surface area (Å²) in [6.07, 6.45) is 0.0397. The number of nitrogens with two attached hydrogens (primary N) is 1. The van der Waals surface area contributed by atoms with E-state index in [1.807, 2.05) is 26.0 Å². The van der Waals surface area contributed by atoms with Crippen LogP contribution in [0.4, 0.5) is 5.69 Å². The fourth-order valence-corrected chi connectivity index (χ4v) is 1.97. The second-order valence-electron chi connectivity index (χ2n) is 4.41. The summed E-state index contributed by atoms with van der Waals surface area (Å²) in [7, 11) is 1.58. The van der Waals surface area contributed by atoms with Gasteiger partial charge in [-0.25, -0.2) is 4.68 Å². The second kappa shape index (κ2) is 6.33. The summed E-state index contributed by atoms with van der Waals surface area (Å²) in [5.41, 5.74) is 7.24. The number of hydrogen-bond acceptors (Lipinski definition) is 6. The topological polar surface area (TPSA) is 88.1 Å². The fraction of sp³-hybridized carbons (Fsp3) is 0.462. The maximum atomic E-state index is 5.81. The third-order valence-corrected chi connectivity index (χ3v) is 2.90. The number of nitrogen functional groups attached to an aromatic ring is 1. The minimum Gasteiger partial charge on any atom is -0.495 e. The van der Waals surface area contributed by atoms with E-state index in [0.29, 0.717) is 30.4 Å². The van der Waals surface area contributed by atoms with Crippen molar-refractivity contribution >= 4 is 5.69 Å². The lowest BCUT2D eigenvalue weighted by molar-refractivity contribution is 0.0614. The number of benzene rings is 1. The van der Waals surface area contributed by atoms with E-state index >= 15 is 0 Å². The molecule has 1 heterocycles. The summed E-state index contributed by atoms with van der Waals surface area (Å²) in [5, 5.41) is 11.8. The summed E-state index contributed by atoms with van der Waals surface area (Å²) in [5.74, 6) is 1.27. The molecule has 0 fully saturated rings. The van der Waals surface area contributed by atoms with Crippen LogP contribution in [0.1, 0.15) is 13.8 Å². The standard InChI is InChI=1S/C13H19N5O2/c1-4-20-9(2)8-18-13(15-16-17-18)10-5-6-11(14)12(7-10)19-3/h5-7,9H,4,8,14H2,1-3H3. The molecule has 1 aromatic heterocycles. The van der Waals surface area contributed by atoms with Crippen LogP contribution >= 0.6 is 0 Å². The van der Waals surface area contributed by atoms with Gasteiger partial charge >= 0.3 is 0 Å². The van der Waals surface area contributed by atoms with Gasteiger partial charge in [-0.1, -0.05) is 0 Å². The first-order valence-electron chi connectivity index (χ1n) is 6.47. The Morgan fingerprint density at radius 1 is 1.40 bits per heavy atom. The minimum absolute atomic E-state index is 0.0397. The Labute approximate surface area is 117 Å². The van der Waals surface area contributed by atoms with Crippen molar-refractivity contribution in [2.24, 2.45) is 0 Å². The van der Waals surface area contributed by atoms with Crippen LogP contribution in [0.25, 0.3) is 11.4 Å². The third kappa shape index (κ3) is 3.05. The molecule has 2 rings (SSSR count). The van der Waals surface area contributed by atoms with Gasteiger partial charge < -0.3 is 15.2 Å². The second-order valence-corrected chi connectivity index (χ2v) is 4.41. The maximum absolute atomic E-state index is 5.81. The Kier molecular flexibility index (Phi) is 4.52. The first-order chi connectivity index (χ1) is 9.65. The summed E-state index contributed by atoms with van der Waals surface area (Å²) in [4.78, 5) is 0. The minimum atomic E-state index is 0.0397. The van der Waals surface area contributed by atoms with Gasteiger partial charge in [0.15, 0.2) is 5.82 Å². The van der Waals surface area contributed by atoms with Gasteiger partial charge in [-0.2, -0.15) is 0 Å². The highest BCUT2D eigenvalue weighted by Gasteiger charge is 2.13. The Balaban J connectivity index is 2.27. The normalized spacial score (nSPS) is 12.3. The van der Waals surface area contributed by atoms with Crippen molar-refractivity contribution < 1.29 is 9.47 Å². The molecule has 0 aliphatic rings. The average molecular weight is 277 g/mol. The van der Waals surface area contributed by atoms with Gasteiger partial charge in [-0.3, -0.25) is 0 Å². The molecule has 7 nitrogen and oxygen atoms in total. The van der Waals surface area contributed by atoms with E-state index in [-0.39, 0.29) is 6.10 Å². The van der Waals surface area contributed by atoms with E-state index in [1.54, 1.807) is 17.9 Å². The van der Waals surface area contributed by atoms with Crippen molar-refractivity contribution in [1.82, 2.24) is 20.2 Å². The Bertz CT molecular complexity index is 570. The molecule has 0 saturated carbocycles. The molecule has 1 unspecified atom stereocenters. The van der Waals surface area contributed by atoms with E-state index in [0.717, 1.165) is 5.56 Å². The molecule has 0 aliphatic carbocycles. The molecule has 0 aliphatic heterocycles. The van der Waals surface area contributed by atoms with Crippen molar-refractivity contribution in [2.45, 2.75) is 26.5 Å². The maximum Gasteiger partial charge on any atom is 0.182 e. The summed E-state index contributed by atoms with van der Waals surface area (Å²) >= 11 is 0. The quantitative estimate of drug-likeness (QED) is 0.802. The van der Waals surface area contributed by atoms with Crippen molar-refractivity contribution in [1.29, 1.82) is 0 Å². The number of methoxy groups -OCH3 is 1. The summed E-state index contributed by atoms with van der Waals surface area (Å²) in [6, 6.07) is 5.47. The first kappa shape index (κ1) is 14.3. The number of ether oxygens (including phenoxy) is 2. The SMILES string of the molecule is CCOC(C)Cn1nnnc1-c1ccc(N)c(OC)c1. The van der Waals surface area contributed by atoms with E-state index in [2.05, 4.69) is 15.5 Å². The zero-order chi connectivity index (χ0) is 14.5. The molecule has 1 aromatic carbocycles. The number of tetrazole rings is 1. The molecular formula is C13H19N5O2. The zero-order valence-electron chi connectivity index (χ0n) is 11.9. The highest BCUT2D eigenvalue weighted by Crippen LogP contribution is 2.27. The van der Waals surface area contributed by atoms with Gasteiger partial charge in [0.25, 0.3) is 0 Å². The highest BCUT2D eigenvalue weighted by atomic mass is 16.5. The number of rotatable bonds is 6. The predicted octanol–water partition coefficient (Wildman–Crippen LogP) is 1.36. The molecule has 0 bridgehead atoms.